The van der Waals surface area contributed by atoms with Crippen LogP contribution in [0.5, 0.6) is 0 Å². The van der Waals surface area contributed by atoms with Crippen molar-refractivity contribution >= 4 is 0 Å². The smallest absolute Gasteiger partial charge is 0.123 e. The van der Waals surface area contributed by atoms with E-state index in [1.54, 1.807) is 19.2 Å². The van der Waals surface area contributed by atoms with Crippen LogP contribution >= 0.6 is 0 Å². The van der Waals surface area contributed by atoms with Crippen LogP contribution in [-0.4, -0.2) is 26.3 Å². The molecule has 3 heteroatoms. The molecule has 0 heterocycles. The first-order valence-electron chi connectivity index (χ1n) is 7.27. The lowest BCUT2D eigenvalue weighted by Crippen LogP contribution is -2.40. The van der Waals surface area contributed by atoms with Crippen LogP contribution < -0.4 is 5.32 Å². The molecule has 0 amide bonds. The van der Waals surface area contributed by atoms with Gasteiger partial charge in [0.1, 0.15) is 5.82 Å². The molecular formula is C16H24FNO. The number of ether oxygens (including phenoxy) is 1. The molecule has 0 radical (unpaired) electrons. The second-order valence-corrected chi connectivity index (χ2v) is 5.42. The molecule has 1 fully saturated rings. The van der Waals surface area contributed by atoms with Crippen molar-refractivity contribution in [3.8, 4) is 0 Å². The molecule has 1 saturated carbocycles. The molecule has 1 aromatic rings. The zero-order valence-corrected chi connectivity index (χ0v) is 11.7. The molecule has 0 aliphatic heterocycles. The van der Waals surface area contributed by atoms with E-state index < -0.39 is 0 Å². The molecule has 2 rings (SSSR count). The lowest BCUT2D eigenvalue weighted by atomic mass is 9.76. The topological polar surface area (TPSA) is 21.3 Å². The molecule has 106 valence electrons. The quantitative estimate of drug-likeness (QED) is 0.727. The summed E-state index contributed by atoms with van der Waals surface area (Å²) in [5.41, 5.74) is 1.28. The highest BCUT2D eigenvalue weighted by Gasteiger charge is 2.29. The number of hydrogen-bond acceptors (Lipinski definition) is 2. The normalized spacial score (nSPS) is 22.2. The van der Waals surface area contributed by atoms with E-state index in [1.165, 1.54) is 31.2 Å². The van der Waals surface area contributed by atoms with Gasteiger partial charge in [-0.25, -0.2) is 4.39 Å². The minimum atomic E-state index is -0.145. The summed E-state index contributed by atoms with van der Waals surface area (Å²) in [7, 11) is 1.75. The Balaban J connectivity index is 1.55. The van der Waals surface area contributed by atoms with Gasteiger partial charge in [0.2, 0.25) is 0 Å². The molecule has 0 saturated heterocycles. The maximum Gasteiger partial charge on any atom is 0.123 e. The number of unbranched alkanes of at least 4 members (excludes halogenated alkanes) is 2. The summed E-state index contributed by atoms with van der Waals surface area (Å²) < 4.78 is 17.8. The Kier molecular flexibility index (Phi) is 5.80. The fourth-order valence-corrected chi connectivity index (χ4v) is 2.65. The van der Waals surface area contributed by atoms with E-state index in [2.05, 4.69) is 5.32 Å². The average molecular weight is 265 g/mol. The number of hydrogen-bond donors (Lipinski definition) is 1. The molecule has 1 N–H and O–H groups in total. The Morgan fingerprint density at radius 1 is 1.16 bits per heavy atom. The van der Waals surface area contributed by atoms with Crippen molar-refractivity contribution in [2.24, 2.45) is 0 Å². The third kappa shape index (κ3) is 4.59. The highest BCUT2D eigenvalue weighted by Crippen LogP contribution is 2.36. The third-order valence-electron chi connectivity index (χ3n) is 3.94. The van der Waals surface area contributed by atoms with Crippen molar-refractivity contribution in [2.75, 3.05) is 20.3 Å². The molecule has 1 aliphatic carbocycles. The zero-order valence-electron chi connectivity index (χ0n) is 11.7. The van der Waals surface area contributed by atoms with Gasteiger partial charge in [0.15, 0.2) is 0 Å². The van der Waals surface area contributed by atoms with Crippen LogP contribution in [0.15, 0.2) is 24.3 Å². The van der Waals surface area contributed by atoms with Gasteiger partial charge in [-0.1, -0.05) is 12.1 Å². The van der Waals surface area contributed by atoms with Crippen molar-refractivity contribution in [3.05, 3.63) is 35.6 Å². The molecule has 0 spiro atoms. The standard InChI is InChI=1S/C16H24FNO/c1-19-10-4-2-3-9-18-16-11-14(12-16)13-5-7-15(17)8-6-13/h5-8,14,16,18H,2-4,9-12H2,1H3. The lowest BCUT2D eigenvalue weighted by molar-refractivity contribution is 0.191. The van der Waals surface area contributed by atoms with Gasteiger partial charge in [0, 0.05) is 19.8 Å². The Morgan fingerprint density at radius 3 is 2.58 bits per heavy atom. The Hall–Kier alpha value is -0.930. The van der Waals surface area contributed by atoms with E-state index >= 15 is 0 Å². The van der Waals surface area contributed by atoms with E-state index in [0.29, 0.717) is 12.0 Å². The number of rotatable bonds is 8. The zero-order chi connectivity index (χ0) is 13.5. The fourth-order valence-electron chi connectivity index (χ4n) is 2.65. The van der Waals surface area contributed by atoms with E-state index in [0.717, 1.165) is 19.6 Å². The average Bonchev–Trinajstić information content (AvgIpc) is 2.37. The minimum Gasteiger partial charge on any atom is -0.385 e. The summed E-state index contributed by atoms with van der Waals surface area (Å²) in [5, 5.41) is 3.59. The van der Waals surface area contributed by atoms with Crippen LogP contribution in [0.1, 0.15) is 43.6 Å². The third-order valence-corrected chi connectivity index (χ3v) is 3.94. The number of methoxy groups -OCH3 is 1. The summed E-state index contributed by atoms with van der Waals surface area (Å²) in [5.74, 6) is 0.473. The highest BCUT2D eigenvalue weighted by molar-refractivity contribution is 5.23. The predicted molar refractivity (Wildman–Crippen MR) is 75.9 cm³/mol. The van der Waals surface area contributed by atoms with Crippen LogP contribution in [0.3, 0.4) is 0 Å². The first-order valence-corrected chi connectivity index (χ1v) is 7.27. The van der Waals surface area contributed by atoms with Crippen LogP contribution in [0.2, 0.25) is 0 Å². The SMILES string of the molecule is COCCCCCNC1CC(c2ccc(F)cc2)C1. The number of benzene rings is 1. The summed E-state index contributed by atoms with van der Waals surface area (Å²) in [6.45, 7) is 1.97. The number of nitrogens with one attached hydrogen (secondary N) is 1. The first-order chi connectivity index (χ1) is 9.29. The van der Waals surface area contributed by atoms with Crippen LogP contribution in [0, 0.1) is 5.82 Å². The summed E-state index contributed by atoms with van der Waals surface area (Å²) >= 11 is 0. The predicted octanol–water partition coefficient (Wildman–Crippen LogP) is 3.48. The maximum absolute atomic E-state index is 12.8. The Bertz CT molecular complexity index is 360. The van der Waals surface area contributed by atoms with Crippen molar-refractivity contribution < 1.29 is 9.13 Å². The highest BCUT2D eigenvalue weighted by atomic mass is 19.1. The van der Waals surface area contributed by atoms with E-state index in [1.807, 2.05) is 12.1 Å². The molecule has 1 aromatic carbocycles. The monoisotopic (exact) mass is 265 g/mol. The van der Waals surface area contributed by atoms with E-state index in [9.17, 15) is 4.39 Å². The van der Waals surface area contributed by atoms with Gasteiger partial charge >= 0.3 is 0 Å². The van der Waals surface area contributed by atoms with Gasteiger partial charge in [-0.15, -0.1) is 0 Å². The second-order valence-electron chi connectivity index (χ2n) is 5.42. The van der Waals surface area contributed by atoms with E-state index in [4.69, 9.17) is 4.74 Å². The van der Waals surface area contributed by atoms with Crippen molar-refractivity contribution in [2.45, 2.75) is 44.1 Å². The van der Waals surface area contributed by atoms with E-state index in [-0.39, 0.29) is 5.82 Å². The molecule has 2 nitrogen and oxygen atoms in total. The van der Waals surface area contributed by atoms with Gasteiger partial charge in [0.05, 0.1) is 0 Å². The van der Waals surface area contributed by atoms with Crippen LogP contribution in [0.25, 0.3) is 0 Å². The van der Waals surface area contributed by atoms with Gasteiger partial charge in [-0.05, 0) is 62.3 Å². The molecule has 0 aromatic heterocycles. The summed E-state index contributed by atoms with van der Waals surface area (Å²) in [6, 6.07) is 7.61. The van der Waals surface area contributed by atoms with Gasteiger partial charge < -0.3 is 10.1 Å². The number of halogens is 1. The van der Waals surface area contributed by atoms with Crippen LogP contribution in [-0.2, 0) is 4.74 Å². The minimum absolute atomic E-state index is 0.145. The lowest BCUT2D eigenvalue weighted by Gasteiger charge is -2.36. The van der Waals surface area contributed by atoms with Crippen molar-refractivity contribution in [1.82, 2.24) is 5.32 Å². The summed E-state index contributed by atoms with van der Waals surface area (Å²) in [6.07, 6.45) is 5.98. The molecule has 0 unspecified atom stereocenters. The summed E-state index contributed by atoms with van der Waals surface area (Å²) in [4.78, 5) is 0. The Morgan fingerprint density at radius 2 is 1.89 bits per heavy atom. The second kappa shape index (κ2) is 7.61. The first kappa shape index (κ1) is 14.5. The maximum atomic E-state index is 12.8. The molecule has 0 bridgehead atoms. The van der Waals surface area contributed by atoms with Crippen molar-refractivity contribution in [3.63, 3.8) is 0 Å². The molecule has 0 atom stereocenters. The Labute approximate surface area is 115 Å². The van der Waals surface area contributed by atoms with Gasteiger partial charge in [-0.2, -0.15) is 0 Å². The fraction of sp³-hybridized carbons (Fsp3) is 0.625. The molecule has 1 aliphatic rings. The molecule has 19 heavy (non-hydrogen) atoms. The van der Waals surface area contributed by atoms with Crippen molar-refractivity contribution in [1.29, 1.82) is 0 Å². The van der Waals surface area contributed by atoms with Crippen LogP contribution in [0.4, 0.5) is 4.39 Å². The molecular weight excluding hydrogens is 241 g/mol. The van der Waals surface area contributed by atoms with Gasteiger partial charge in [0.25, 0.3) is 0 Å². The van der Waals surface area contributed by atoms with Gasteiger partial charge in [-0.3, -0.25) is 0 Å². The largest absolute Gasteiger partial charge is 0.385 e.